The molecule has 0 spiro atoms. The number of nitrogens with zero attached hydrogens (tertiary/aromatic N) is 2. The molecule has 0 bridgehead atoms. The van der Waals surface area contributed by atoms with Crippen molar-refractivity contribution in [3.05, 3.63) is 107 Å². The van der Waals surface area contributed by atoms with Crippen molar-refractivity contribution in [1.29, 1.82) is 0 Å². The number of carbonyl (C=O) groups is 7. The first-order valence-electron chi connectivity index (χ1n) is 24.4. The quantitative estimate of drug-likeness (QED) is 0.0291. The summed E-state index contributed by atoms with van der Waals surface area (Å²) in [4.78, 5) is 104. The van der Waals surface area contributed by atoms with Crippen molar-refractivity contribution in [3.63, 3.8) is 0 Å². The minimum atomic E-state index is -1.15. The number of fused-ring (bicyclic) bond motifs is 1. The molecule has 11 N–H and O–H groups in total. The van der Waals surface area contributed by atoms with Crippen LogP contribution in [0, 0.1) is 5.92 Å². The zero-order valence-corrected chi connectivity index (χ0v) is 40.7. The standard InChI is InChI=1S/C52H68N10O7S/c1-33(63)57-41(29-35-18-7-3-8-19-35)47(65)58-39(23-13-14-26-56-52(54)55)51(69)62-27-15-24-44(62)50(68)61-42(30-36-20-9-4-10-21-36)48(66)60-43(32-38-31-37-22-11-12-25-45(37)70-38)49(67)59-40(46(53)64)28-34-16-5-2-6-17-34/h2-3,5-8,11-12,16-19,22,25,31,36,39-44H,4,9-10,13-15,20-21,23-24,26-30,32H2,1H3,(H2,53,64)(H,57,63)(H,58,65)(H,59,67)(H,60,66)(H,61,68)(H4,54,55,56)/t39-,40-,41-,42+,43-,44-/m0/s1. The number of primary amides is 1. The van der Waals surface area contributed by atoms with E-state index in [0.29, 0.717) is 38.6 Å². The summed E-state index contributed by atoms with van der Waals surface area (Å²) in [6.07, 6.45) is 7.51. The first kappa shape index (κ1) is 52.5. The topological polar surface area (TPSA) is 273 Å². The van der Waals surface area contributed by atoms with E-state index in [9.17, 15) is 33.6 Å². The molecule has 374 valence electrons. The molecular weight excluding hydrogens is 909 g/mol. The second-order valence-electron chi connectivity index (χ2n) is 18.5. The number of thiophene rings is 1. The normalized spacial score (nSPS) is 17.0. The maximum atomic E-state index is 14.7. The third-order valence-corrected chi connectivity index (χ3v) is 14.1. The van der Waals surface area contributed by atoms with Gasteiger partial charge in [0.05, 0.1) is 0 Å². The zero-order chi connectivity index (χ0) is 50.0. The largest absolute Gasteiger partial charge is 0.370 e. The van der Waals surface area contributed by atoms with Gasteiger partial charge in [0.15, 0.2) is 5.96 Å². The van der Waals surface area contributed by atoms with Crippen LogP contribution in [-0.2, 0) is 52.8 Å². The summed E-state index contributed by atoms with van der Waals surface area (Å²) in [6, 6.07) is 21.9. The molecule has 6 atom stereocenters. The minimum Gasteiger partial charge on any atom is -0.370 e. The van der Waals surface area contributed by atoms with Crippen molar-refractivity contribution >= 4 is 68.7 Å². The Morgan fingerprint density at radius 3 is 1.86 bits per heavy atom. The summed E-state index contributed by atoms with van der Waals surface area (Å²) in [7, 11) is 0. The van der Waals surface area contributed by atoms with Crippen LogP contribution in [0.3, 0.4) is 0 Å². The Kier molecular flexibility index (Phi) is 19.7. The molecule has 1 saturated heterocycles. The second kappa shape index (κ2) is 26.2. The highest BCUT2D eigenvalue weighted by atomic mass is 32.1. The van der Waals surface area contributed by atoms with Gasteiger partial charge in [-0.05, 0) is 73.1 Å². The fourth-order valence-corrected chi connectivity index (χ4v) is 10.5. The van der Waals surface area contributed by atoms with Crippen LogP contribution >= 0.6 is 11.3 Å². The number of carbonyl (C=O) groups excluding carboxylic acids is 7. The van der Waals surface area contributed by atoms with E-state index in [1.165, 1.54) is 23.2 Å². The molecule has 1 aromatic heterocycles. The maximum Gasteiger partial charge on any atom is 0.245 e. The van der Waals surface area contributed by atoms with E-state index in [-0.39, 0.29) is 44.1 Å². The number of hydrogen-bond donors (Lipinski definition) is 8. The molecule has 4 aromatic rings. The van der Waals surface area contributed by atoms with Gasteiger partial charge in [0, 0.05) is 48.9 Å². The van der Waals surface area contributed by atoms with Crippen LogP contribution in [0.15, 0.2) is 96.0 Å². The lowest BCUT2D eigenvalue weighted by atomic mass is 9.84. The van der Waals surface area contributed by atoms with Crippen LogP contribution in [-0.4, -0.2) is 102 Å². The molecule has 2 heterocycles. The molecule has 17 nitrogen and oxygen atoms in total. The van der Waals surface area contributed by atoms with Gasteiger partial charge in [-0.2, -0.15) is 0 Å². The van der Waals surface area contributed by atoms with E-state index >= 15 is 0 Å². The minimum absolute atomic E-state index is 0.0630. The maximum absolute atomic E-state index is 14.7. The second-order valence-corrected chi connectivity index (χ2v) is 19.6. The van der Waals surface area contributed by atoms with Crippen molar-refractivity contribution in [2.75, 3.05) is 13.1 Å². The van der Waals surface area contributed by atoms with Gasteiger partial charge in [0.2, 0.25) is 41.4 Å². The van der Waals surface area contributed by atoms with Gasteiger partial charge in [-0.1, -0.05) is 111 Å². The summed E-state index contributed by atoms with van der Waals surface area (Å²) in [6.45, 7) is 1.86. The van der Waals surface area contributed by atoms with Gasteiger partial charge in [0.1, 0.15) is 36.3 Å². The zero-order valence-electron chi connectivity index (χ0n) is 39.9. The van der Waals surface area contributed by atoms with Crippen LogP contribution < -0.4 is 43.8 Å². The fourth-order valence-electron chi connectivity index (χ4n) is 9.43. The summed E-state index contributed by atoms with van der Waals surface area (Å²) in [5, 5.41) is 15.4. The number of likely N-dealkylation sites (tertiary alicyclic amines) is 1. The lowest BCUT2D eigenvalue weighted by Crippen LogP contribution is -2.60. The van der Waals surface area contributed by atoms with Crippen molar-refractivity contribution < 1.29 is 33.6 Å². The fraction of sp³-hybridized carbons (Fsp3) is 0.462. The van der Waals surface area contributed by atoms with E-state index in [1.54, 1.807) is 0 Å². The third-order valence-electron chi connectivity index (χ3n) is 13.0. The third kappa shape index (κ3) is 15.9. The monoisotopic (exact) mass is 976 g/mol. The number of guanidine groups is 1. The van der Waals surface area contributed by atoms with Crippen molar-refractivity contribution in [1.82, 2.24) is 31.5 Å². The summed E-state index contributed by atoms with van der Waals surface area (Å²) >= 11 is 1.49. The molecule has 2 fully saturated rings. The van der Waals surface area contributed by atoms with E-state index in [1.807, 2.05) is 91.0 Å². The Hall–Kier alpha value is -6.82. The van der Waals surface area contributed by atoms with E-state index in [4.69, 9.17) is 17.2 Å². The molecular formula is C52H68N10O7S. The smallest absolute Gasteiger partial charge is 0.245 e. The molecule has 0 unspecified atom stereocenters. The van der Waals surface area contributed by atoms with Gasteiger partial charge < -0.3 is 48.7 Å². The van der Waals surface area contributed by atoms with Gasteiger partial charge in [0.25, 0.3) is 0 Å². The summed E-state index contributed by atoms with van der Waals surface area (Å²) in [5.41, 5.74) is 18.5. The predicted molar refractivity (Wildman–Crippen MR) is 271 cm³/mol. The van der Waals surface area contributed by atoms with Gasteiger partial charge in [-0.15, -0.1) is 11.3 Å². The van der Waals surface area contributed by atoms with E-state index in [0.717, 1.165) is 58.2 Å². The van der Waals surface area contributed by atoms with Crippen molar-refractivity contribution in [2.45, 2.75) is 133 Å². The number of rotatable bonds is 24. The van der Waals surface area contributed by atoms with E-state index < -0.39 is 77.6 Å². The number of nitrogens with one attached hydrogen (secondary N) is 5. The molecule has 1 aliphatic heterocycles. The summed E-state index contributed by atoms with van der Waals surface area (Å²) < 4.78 is 1.01. The number of unbranched alkanes of at least 4 members (excludes halogenated alkanes) is 1. The molecule has 7 amide bonds. The van der Waals surface area contributed by atoms with Gasteiger partial charge >= 0.3 is 0 Å². The highest BCUT2D eigenvalue weighted by molar-refractivity contribution is 7.19. The van der Waals surface area contributed by atoms with Crippen LogP contribution in [0.25, 0.3) is 10.1 Å². The average Bonchev–Trinajstić information content (AvgIpc) is 4.01. The first-order chi connectivity index (χ1) is 33.7. The molecule has 0 radical (unpaired) electrons. The highest BCUT2D eigenvalue weighted by Gasteiger charge is 2.40. The number of aliphatic imine (C=N–C) groups is 1. The lowest BCUT2D eigenvalue weighted by Gasteiger charge is -2.32. The molecule has 70 heavy (non-hydrogen) atoms. The highest BCUT2D eigenvalue weighted by Crippen LogP contribution is 2.29. The Labute approximate surface area is 413 Å². The molecule has 2 aliphatic rings. The Bertz CT molecular complexity index is 2410. The number of nitrogens with two attached hydrogens (primary N) is 3. The van der Waals surface area contributed by atoms with Crippen LogP contribution in [0.2, 0.25) is 0 Å². The van der Waals surface area contributed by atoms with Gasteiger partial charge in [-0.3, -0.25) is 38.6 Å². The van der Waals surface area contributed by atoms with Crippen LogP contribution in [0.5, 0.6) is 0 Å². The molecule has 1 aliphatic carbocycles. The summed E-state index contributed by atoms with van der Waals surface area (Å²) in [5.74, 6) is -3.80. The Balaban J connectivity index is 1.22. The van der Waals surface area contributed by atoms with Crippen molar-refractivity contribution in [2.24, 2.45) is 28.1 Å². The molecule has 18 heteroatoms. The van der Waals surface area contributed by atoms with Crippen molar-refractivity contribution in [3.8, 4) is 0 Å². The van der Waals surface area contributed by atoms with Crippen LogP contribution in [0.4, 0.5) is 0 Å². The molecule has 1 saturated carbocycles. The average molecular weight is 977 g/mol. The Morgan fingerprint density at radius 1 is 0.643 bits per heavy atom. The Morgan fingerprint density at radius 2 is 1.23 bits per heavy atom. The number of hydrogen-bond acceptors (Lipinski definition) is 9. The molecule has 3 aromatic carbocycles. The molecule has 6 rings (SSSR count). The van der Waals surface area contributed by atoms with Gasteiger partial charge in [-0.25, -0.2) is 0 Å². The van der Waals surface area contributed by atoms with E-state index in [2.05, 4.69) is 31.6 Å². The first-order valence-corrected chi connectivity index (χ1v) is 25.2. The number of benzene rings is 3. The predicted octanol–water partition coefficient (Wildman–Crippen LogP) is 3.26. The number of amides is 7. The SMILES string of the molecule is CC(=O)N[C@@H](Cc1ccccc1)C(=O)N[C@@H](CCCCN=C(N)N)C(=O)N1CCC[C@H]1C(=O)N[C@H](CC1CCCCC1)C(=O)N[C@@H](Cc1cc2ccccc2s1)C(=O)N[C@@H](Cc1ccccc1)C(N)=O. The van der Waals surface area contributed by atoms with Crippen LogP contribution in [0.1, 0.15) is 93.6 Å². The lowest BCUT2D eigenvalue weighted by molar-refractivity contribution is -0.142.